The van der Waals surface area contributed by atoms with E-state index in [9.17, 15) is 5.11 Å². The summed E-state index contributed by atoms with van der Waals surface area (Å²) in [6.07, 6.45) is 4.79. The number of hydrogen-bond donors (Lipinski definition) is 1. The molecule has 4 heteroatoms. The Kier molecular flexibility index (Phi) is 5.40. The quantitative estimate of drug-likeness (QED) is 0.868. The van der Waals surface area contributed by atoms with Crippen LogP contribution in [0.3, 0.4) is 0 Å². The highest BCUT2D eigenvalue weighted by molar-refractivity contribution is 7.99. The molecule has 1 unspecified atom stereocenters. The molecule has 1 atom stereocenters. The highest BCUT2D eigenvalue weighted by atomic mass is 32.2. The lowest BCUT2D eigenvalue weighted by molar-refractivity contribution is 0.203. The van der Waals surface area contributed by atoms with E-state index in [1.54, 1.807) is 14.2 Å². The van der Waals surface area contributed by atoms with E-state index in [4.69, 9.17) is 9.47 Å². The van der Waals surface area contributed by atoms with Crippen LogP contribution in [0.4, 0.5) is 0 Å². The lowest BCUT2D eigenvalue weighted by Crippen LogP contribution is -2.05. The third kappa shape index (κ3) is 4.05. The van der Waals surface area contributed by atoms with Crippen LogP contribution in [0, 0.1) is 0 Å². The lowest BCUT2D eigenvalue weighted by atomic mass is 10.1. The fourth-order valence-corrected chi connectivity index (χ4v) is 3.71. The van der Waals surface area contributed by atoms with Crippen molar-refractivity contribution in [2.45, 2.75) is 37.0 Å². The second-order valence-corrected chi connectivity index (χ2v) is 6.23. The van der Waals surface area contributed by atoms with E-state index in [0.29, 0.717) is 0 Å². The van der Waals surface area contributed by atoms with Crippen LogP contribution in [0.1, 0.15) is 37.4 Å². The van der Waals surface area contributed by atoms with Crippen molar-refractivity contribution in [1.29, 1.82) is 0 Å². The van der Waals surface area contributed by atoms with E-state index in [1.165, 1.54) is 25.7 Å². The zero-order valence-electron chi connectivity index (χ0n) is 11.6. The SMILES string of the molecule is COc1cc(OC)cc(C(O)CSC2CCCC2)c1. The summed E-state index contributed by atoms with van der Waals surface area (Å²) in [5.41, 5.74) is 0.863. The highest BCUT2D eigenvalue weighted by Gasteiger charge is 2.18. The van der Waals surface area contributed by atoms with Gasteiger partial charge in [-0.05, 0) is 30.5 Å². The van der Waals surface area contributed by atoms with Gasteiger partial charge in [0, 0.05) is 17.1 Å². The molecule has 1 fully saturated rings. The fourth-order valence-electron chi connectivity index (χ4n) is 2.40. The topological polar surface area (TPSA) is 38.7 Å². The van der Waals surface area contributed by atoms with Crippen LogP contribution in [0.5, 0.6) is 11.5 Å². The first-order chi connectivity index (χ1) is 9.22. The monoisotopic (exact) mass is 282 g/mol. The fraction of sp³-hybridized carbons (Fsp3) is 0.600. The summed E-state index contributed by atoms with van der Waals surface area (Å²) in [4.78, 5) is 0. The molecule has 1 aromatic rings. The number of ether oxygens (including phenoxy) is 2. The molecular weight excluding hydrogens is 260 g/mol. The Morgan fingerprint density at radius 3 is 2.26 bits per heavy atom. The summed E-state index contributed by atoms with van der Waals surface area (Å²) in [7, 11) is 3.25. The van der Waals surface area contributed by atoms with Gasteiger partial charge < -0.3 is 14.6 Å². The van der Waals surface area contributed by atoms with Gasteiger partial charge in [0.05, 0.1) is 20.3 Å². The molecule has 0 aliphatic heterocycles. The lowest BCUT2D eigenvalue weighted by Gasteiger charge is -2.16. The van der Waals surface area contributed by atoms with E-state index in [0.717, 1.165) is 28.1 Å². The van der Waals surface area contributed by atoms with Crippen molar-refractivity contribution >= 4 is 11.8 Å². The molecule has 106 valence electrons. The van der Waals surface area contributed by atoms with Crippen molar-refractivity contribution in [2.24, 2.45) is 0 Å². The van der Waals surface area contributed by atoms with Gasteiger partial charge in [0.25, 0.3) is 0 Å². The third-order valence-corrected chi connectivity index (χ3v) is 5.00. The van der Waals surface area contributed by atoms with Crippen LogP contribution < -0.4 is 9.47 Å². The molecule has 1 aliphatic rings. The predicted molar refractivity (Wildman–Crippen MR) is 79.2 cm³/mol. The minimum Gasteiger partial charge on any atom is -0.497 e. The van der Waals surface area contributed by atoms with Crippen molar-refractivity contribution in [1.82, 2.24) is 0 Å². The minimum atomic E-state index is -0.463. The van der Waals surface area contributed by atoms with Gasteiger partial charge in [-0.25, -0.2) is 0 Å². The first kappa shape index (κ1) is 14.5. The molecule has 0 amide bonds. The number of aliphatic hydroxyl groups excluding tert-OH is 1. The van der Waals surface area contributed by atoms with Gasteiger partial charge >= 0.3 is 0 Å². The van der Waals surface area contributed by atoms with Crippen LogP contribution in [0.15, 0.2) is 18.2 Å². The maximum absolute atomic E-state index is 10.3. The minimum absolute atomic E-state index is 0.463. The predicted octanol–water partition coefficient (Wildman–Crippen LogP) is 3.41. The van der Waals surface area contributed by atoms with Crippen molar-refractivity contribution in [3.8, 4) is 11.5 Å². The summed E-state index contributed by atoms with van der Waals surface area (Å²) >= 11 is 1.88. The first-order valence-electron chi connectivity index (χ1n) is 6.75. The number of thioether (sulfide) groups is 1. The molecule has 0 aromatic heterocycles. The average molecular weight is 282 g/mol. The van der Waals surface area contributed by atoms with E-state index >= 15 is 0 Å². The Balaban J connectivity index is 1.98. The van der Waals surface area contributed by atoms with Gasteiger partial charge in [-0.3, -0.25) is 0 Å². The normalized spacial score (nSPS) is 17.4. The van der Waals surface area contributed by atoms with Gasteiger partial charge in [-0.1, -0.05) is 12.8 Å². The number of methoxy groups -OCH3 is 2. The maximum Gasteiger partial charge on any atom is 0.122 e. The second-order valence-electron chi connectivity index (χ2n) is 4.90. The van der Waals surface area contributed by atoms with Gasteiger partial charge in [-0.2, -0.15) is 11.8 Å². The summed E-state index contributed by atoms with van der Waals surface area (Å²) in [6.45, 7) is 0. The highest BCUT2D eigenvalue weighted by Crippen LogP contribution is 2.33. The van der Waals surface area contributed by atoms with Crippen LogP contribution in [-0.4, -0.2) is 30.3 Å². The standard InChI is InChI=1S/C15H22O3S/c1-17-12-7-11(8-13(9-12)18-2)15(16)10-19-14-5-3-4-6-14/h7-9,14-16H,3-6,10H2,1-2H3. The molecule has 1 saturated carbocycles. The summed E-state index contributed by atoms with van der Waals surface area (Å²) < 4.78 is 10.5. The number of aliphatic hydroxyl groups is 1. The van der Waals surface area contributed by atoms with Crippen molar-refractivity contribution < 1.29 is 14.6 Å². The second kappa shape index (κ2) is 7.06. The smallest absolute Gasteiger partial charge is 0.122 e. The van der Waals surface area contributed by atoms with E-state index in [1.807, 2.05) is 30.0 Å². The molecule has 1 aliphatic carbocycles. The third-order valence-electron chi connectivity index (χ3n) is 3.55. The first-order valence-corrected chi connectivity index (χ1v) is 7.80. The number of rotatable bonds is 6. The Morgan fingerprint density at radius 2 is 1.74 bits per heavy atom. The molecule has 0 radical (unpaired) electrons. The molecule has 0 saturated heterocycles. The van der Waals surface area contributed by atoms with Crippen molar-refractivity contribution in [2.75, 3.05) is 20.0 Å². The largest absolute Gasteiger partial charge is 0.497 e. The van der Waals surface area contributed by atoms with Crippen molar-refractivity contribution in [3.63, 3.8) is 0 Å². The maximum atomic E-state index is 10.3. The molecule has 0 spiro atoms. The molecule has 19 heavy (non-hydrogen) atoms. The molecule has 3 nitrogen and oxygen atoms in total. The number of hydrogen-bond acceptors (Lipinski definition) is 4. The zero-order chi connectivity index (χ0) is 13.7. The molecular formula is C15H22O3S. The van der Waals surface area contributed by atoms with Crippen LogP contribution in [-0.2, 0) is 0 Å². The molecule has 1 N–H and O–H groups in total. The van der Waals surface area contributed by atoms with Gasteiger partial charge in [0.1, 0.15) is 11.5 Å². The van der Waals surface area contributed by atoms with Crippen LogP contribution in [0.2, 0.25) is 0 Å². The summed E-state index contributed by atoms with van der Waals surface area (Å²) in [5, 5.41) is 11.0. The molecule has 1 aromatic carbocycles. The summed E-state index contributed by atoms with van der Waals surface area (Å²) in [6, 6.07) is 5.57. The van der Waals surface area contributed by atoms with Gasteiger partial charge in [-0.15, -0.1) is 0 Å². The Labute approximate surface area is 119 Å². The molecule has 2 rings (SSSR count). The average Bonchev–Trinajstić information content (AvgIpc) is 2.97. The van der Waals surface area contributed by atoms with Gasteiger partial charge in [0.15, 0.2) is 0 Å². The van der Waals surface area contributed by atoms with Crippen LogP contribution in [0.25, 0.3) is 0 Å². The Morgan fingerprint density at radius 1 is 1.16 bits per heavy atom. The van der Waals surface area contributed by atoms with E-state index in [2.05, 4.69) is 0 Å². The van der Waals surface area contributed by atoms with Crippen LogP contribution >= 0.6 is 11.8 Å². The van der Waals surface area contributed by atoms with E-state index < -0.39 is 6.10 Å². The molecule has 0 heterocycles. The number of benzene rings is 1. The zero-order valence-corrected chi connectivity index (χ0v) is 12.4. The molecule has 0 bridgehead atoms. The Hall–Kier alpha value is -0.870. The summed E-state index contributed by atoms with van der Waals surface area (Å²) in [5.74, 6) is 2.18. The Bertz CT molecular complexity index is 380. The van der Waals surface area contributed by atoms with Gasteiger partial charge in [0.2, 0.25) is 0 Å². The van der Waals surface area contributed by atoms with Crippen molar-refractivity contribution in [3.05, 3.63) is 23.8 Å². The van der Waals surface area contributed by atoms with E-state index in [-0.39, 0.29) is 0 Å².